The minimum absolute atomic E-state index is 0.0299. The minimum Gasteiger partial charge on any atom is -0.394 e. The number of Topliss-reactive ketones (excluding diaryl/α,β-unsaturated/α-hetero) is 1. The standard InChI is InChI=1S/C55H86O26/c1-20-8-11-55(72-17-20)21(2)34-31(81-55)13-26-24-7-6-23-12-30(27(58)14-54(23,5)25(24)9-10-53(26,34)4)74-51-46(79-50-42(68)39(65)35(61)22(3)73-50)43(69)44(33(16-57)76-51)77-52-47(80-49-41(67)37(63)29(60)19-71-49)45(38(64)32(15-56)75-52)78-48-40(66)36(62)28(59)18-70-48/h21-26,28-52,56-57,59-69H,1,6-19H2,2-5H3/t21?,22-,23-,24+,25-,26-,28+,29-,30?,31?,32+,33+,34?,35-,36-,37-,38+,39+,40+,41+,42+,43-,44-,45-,46+,47+,48-,49-,50-,51+,52-,53-,54-,55+/m0/s1. The molecule has 11 fully saturated rings. The number of hydrogen-bond donors (Lipinski definition) is 13. The molecule has 1 spiro atoms. The van der Waals surface area contributed by atoms with E-state index in [9.17, 15) is 71.2 Å². The van der Waals surface area contributed by atoms with Crippen molar-refractivity contribution in [3.63, 3.8) is 0 Å². The average molecular weight is 1160 g/mol. The SMILES string of the molecule is C=C1CC[C@@]2(OC1)OC1C[C@H]3[C@@H]4CC[C@H]5CC(O[C@@H]6O[C@H](CO)[C@H](O[C@@H]7O[C@H](CO)[C@@H](O)[C@H](O[C@@H]8OC[C@@H](O)[C@H](O)[C@H]8O)[C@H]7O[C@@H]7OC[C@H](O)[C@H](O)[C@H]7O)[C@H](O)[C@H]6O[C@@H]6O[C@@H](C)[C@H](O)[C@@H](O)[C@H]6O)C(=O)C[C@]5(C)[C@H]4CC[C@]3(C)C1C2C. The Kier molecular flexibility index (Phi) is 17.7. The summed E-state index contributed by atoms with van der Waals surface area (Å²) in [6, 6.07) is 0. The Labute approximate surface area is 469 Å². The fourth-order valence-corrected chi connectivity index (χ4v) is 16.7. The first-order chi connectivity index (χ1) is 38.4. The van der Waals surface area contributed by atoms with E-state index in [4.69, 9.17) is 56.8 Å². The highest BCUT2D eigenvalue weighted by molar-refractivity contribution is 5.84. The molecule has 26 nitrogen and oxygen atoms in total. The van der Waals surface area contributed by atoms with E-state index in [-0.39, 0.29) is 53.3 Å². The van der Waals surface area contributed by atoms with Crippen molar-refractivity contribution in [1.82, 2.24) is 0 Å². The van der Waals surface area contributed by atoms with Crippen LogP contribution in [0.4, 0.5) is 0 Å². The number of carbonyl (C=O) groups is 1. The Morgan fingerprint density at radius 3 is 1.83 bits per heavy atom. The van der Waals surface area contributed by atoms with E-state index in [1.165, 1.54) is 6.92 Å². The maximum absolute atomic E-state index is 14.8. The van der Waals surface area contributed by atoms with Crippen LogP contribution in [0.1, 0.15) is 85.5 Å². The molecule has 7 aliphatic heterocycles. The van der Waals surface area contributed by atoms with Gasteiger partial charge in [0.1, 0.15) is 110 Å². The number of rotatable bonds is 12. The summed E-state index contributed by atoms with van der Waals surface area (Å²) in [5, 5.41) is 142. The van der Waals surface area contributed by atoms with Crippen LogP contribution in [0.2, 0.25) is 0 Å². The third-order valence-electron chi connectivity index (χ3n) is 21.3. The highest BCUT2D eigenvalue weighted by atomic mass is 16.8. The number of fused-ring (bicyclic) bond motifs is 7. The lowest BCUT2D eigenvalue weighted by Gasteiger charge is -2.61. The molecule has 7 saturated heterocycles. The number of carbonyl (C=O) groups excluding carboxylic acids is 1. The van der Waals surface area contributed by atoms with Gasteiger partial charge in [0.05, 0.1) is 45.2 Å². The van der Waals surface area contributed by atoms with Crippen molar-refractivity contribution in [3.05, 3.63) is 12.2 Å². The van der Waals surface area contributed by atoms with Crippen LogP contribution in [0, 0.1) is 46.3 Å². The summed E-state index contributed by atoms with van der Waals surface area (Å²) in [7, 11) is 0. The van der Waals surface area contributed by atoms with E-state index in [2.05, 4.69) is 27.4 Å². The zero-order valence-corrected chi connectivity index (χ0v) is 46.1. The molecule has 0 aromatic heterocycles. The summed E-state index contributed by atoms with van der Waals surface area (Å²) in [6.07, 6.45) is -34.9. The summed E-state index contributed by atoms with van der Waals surface area (Å²) in [5.41, 5.74) is 0.754. The predicted octanol–water partition coefficient (Wildman–Crippen LogP) is -3.68. The molecule has 4 aliphatic carbocycles. The van der Waals surface area contributed by atoms with Gasteiger partial charge in [-0.1, -0.05) is 32.9 Å². The van der Waals surface area contributed by atoms with Crippen molar-refractivity contribution >= 4 is 5.78 Å². The fourth-order valence-electron chi connectivity index (χ4n) is 16.7. The Balaban J connectivity index is 0.843. The third kappa shape index (κ3) is 10.6. The molecule has 26 heteroatoms. The zero-order valence-electron chi connectivity index (χ0n) is 46.1. The second kappa shape index (κ2) is 23.5. The van der Waals surface area contributed by atoms with E-state index in [0.717, 1.165) is 50.5 Å². The first-order valence-corrected chi connectivity index (χ1v) is 29.1. The smallest absolute Gasteiger partial charge is 0.187 e. The van der Waals surface area contributed by atoms with Gasteiger partial charge in [-0.2, -0.15) is 0 Å². The number of ether oxygens (including phenoxy) is 12. The minimum atomic E-state index is -2.03. The fraction of sp³-hybridized carbons (Fsp3) is 0.945. The molecule has 462 valence electrons. The van der Waals surface area contributed by atoms with Gasteiger partial charge in [0, 0.05) is 18.8 Å². The van der Waals surface area contributed by atoms with E-state index < -0.39 is 180 Å². The maximum Gasteiger partial charge on any atom is 0.187 e. The summed E-state index contributed by atoms with van der Waals surface area (Å²) in [6.45, 7) is 10.1. The van der Waals surface area contributed by atoms with E-state index in [1.807, 2.05) is 0 Å². The molecule has 7 heterocycles. The second-order valence-electron chi connectivity index (χ2n) is 25.8. The van der Waals surface area contributed by atoms with Gasteiger partial charge in [-0.25, -0.2) is 0 Å². The molecule has 81 heavy (non-hydrogen) atoms. The van der Waals surface area contributed by atoms with Gasteiger partial charge in [-0.15, -0.1) is 0 Å². The Morgan fingerprint density at radius 1 is 0.580 bits per heavy atom. The molecule has 0 amide bonds. The van der Waals surface area contributed by atoms with E-state index in [1.54, 1.807) is 0 Å². The zero-order chi connectivity index (χ0) is 57.9. The van der Waals surface area contributed by atoms with Crippen molar-refractivity contribution in [3.8, 4) is 0 Å². The first-order valence-electron chi connectivity index (χ1n) is 29.1. The Morgan fingerprint density at radius 2 is 1.19 bits per heavy atom. The topological polar surface area (TPSA) is 391 Å². The third-order valence-corrected chi connectivity index (χ3v) is 21.3. The van der Waals surface area contributed by atoms with Crippen LogP contribution in [-0.2, 0) is 61.6 Å². The van der Waals surface area contributed by atoms with Gasteiger partial charge in [0.25, 0.3) is 0 Å². The van der Waals surface area contributed by atoms with E-state index >= 15 is 0 Å². The Bertz CT molecular complexity index is 2200. The van der Waals surface area contributed by atoms with Crippen LogP contribution >= 0.6 is 0 Å². The molecule has 4 saturated carbocycles. The van der Waals surface area contributed by atoms with Crippen LogP contribution in [-0.4, -0.2) is 265 Å². The molecule has 13 N–H and O–H groups in total. The van der Waals surface area contributed by atoms with Gasteiger partial charge in [0.2, 0.25) is 0 Å². The predicted molar refractivity (Wildman–Crippen MR) is 268 cm³/mol. The molecule has 0 radical (unpaired) electrons. The second-order valence-corrected chi connectivity index (χ2v) is 25.8. The average Bonchev–Trinajstić information content (AvgIpc) is 3.97. The number of aliphatic hydroxyl groups is 13. The van der Waals surface area contributed by atoms with Gasteiger partial charge in [-0.3, -0.25) is 4.79 Å². The lowest BCUT2D eigenvalue weighted by atomic mass is 9.44. The molecule has 0 bridgehead atoms. The molecular weight excluding hydrogens is 1080 g/mol. The number of ketones is 1. The number of aliphatic hydroxyl groups excluding tert-OH is 13. The van der Waals surface area contributed by atoms with Crippen LogP contribution in [0.15, 0.2) is 12.2 Å². The van der Waals surface area contributed by atoms with Crippen molar-refractivity contribution in [1.29, 1.82) is 0 Å². The summed E-state index contributed by atoms with van der Waals surface area (Å²) < 4.78 is 74.0. The first kappa shape index (κ1) is 61.1. The number of hydrogen-bond acceptors (Lipinski definition) is 26. The van der Waals surface area contributed by atoms with Crippen LogP contribution < -0.4 is 0 Å². The van der Waals surface area contributed by atoms with Gasteiger partial charge in [-0.05, 0) is 92.3 Å². The lowest BCUT2D eigenvalue weighted by molar-refractivity contribution is -0.407. The highest BCUT2D eigenvalue weighted by Crippen LogP contribution is 2.71. The summed E-state index contributed by atoms with van der Waals surface area (Å²) >= 11 is 0. The highest BCUT2D eigenvalue weighted by Gasteiger charge is 2.70. The Hall–Kier alpha value is -1.59. The van der Waals surface area contributed by atoms with Crippen molar-refractivity contribution in [2.24, 2.45) is 46.3 Å². The van der Waals surface area contributed by atoms with Crippen LogP contribution in [0.3, 0.4) is 0 Å². The quantitative estimate of drug-likeness (QED) is 0.0661. The van der Waals surface area contributed by atoms with Gasteiger partial charge >= 0.3 is 0 Å². The van der Waals surface area contributed by atoms with Crippen LogP contribution in [0.5, 0.6) is 0 Å². The van der Waals surface area contributed by atoms with Crippen LogP contribution in [0.25, 0.3) is 0 Å². The molecule has 4 unspecified atom stereocenters. The summed E-state index contributed by atoms with van der Waals surface area (Å²) in [5.74, 6) is 0.821. The maximum atomic E-state index is 14.8. The van der Waals surface area contributed by atoms with Crippen molar-refractivity contribution in [2.45, 2.75) is 245 Å². The normalized spacial score (nSPS) is 56.7. The molecule has 11 aliphatic rings. The molecule has 34 atom stereocenters. The molecule has 0 aromatic carbocycles. The van der Waals surface area contributed by atoms with E-state index in [0.29, 0.717) is 24.4 Å². The van der Waals surface area contributed by atoms with Gasteiger partial charge < -0.3 is 123 Å². The lowest BCUT2D eigenvalue weighted by Crippen LogP contribution is -2.69. The van der Waals surface area contributed by atoms with Crippen molar-refractivity contribution < 1.29 is 128 Å². The molecule has 0 aromatic rings. The van der Waals surface area contributed by atoms with Crippen molar-refractivity contribution in [2.75, 3.05) is 33.0 Å². The van der Waals surface area contributed by atoms with Gasteiger partial charge in [0.15, 0.2) is 43.0 Å². The largest absolute Gasteiger partial charge is 0.394 e. The summed E-state index contributed by atoms with van der Waals surface area (Å²) in [4.78, 5) is 14.8. The monoisotopic (exact) mass is 1160 g/mol. The molecule has 11 rings (SSSR count). The molecular formula is C55H86O26.